The van der Waals surface area contributed by atoms with Gasteiger partial charge in [0.15, 0.2) is 5.76 Å². The number of nitrogens with one attached hydrogen (secondary N) is 1. The van der Waals surface area contributed by atoms with E-state index in [4.69, 9.17) is 20.8 Å². The summed E-state index contributed by atoms with van der Waals surface area (Å²) in [6.45, 7) is 3.54. The highest BCUT2D eigenvalue weighted by Crippen LogP contribution is 2.28. The number of amides is 3. The zero-order valence-corrected chi connectivity index (χ0v) is 18.8. The molecule has 3 amide bonds. The molecular formula is C22H24ClFN4O5. The van der Waals surface area contributed by atoms with Gasteiger partial charge in [0.1, 0.15) is 17.7 Å². The lowest BCUT2D eigenvalue weighted by Gasteiger charge is -2.36. The van der Waals surface area contributed by atoms with Gasteiger partial charge >= 0.3 is 6.09 Å². The summed E-state index contributed by atoms with van der Waals surface area (Å²) in [6.07, 6.45) is -1.08. The van der Waals surface area contributed by atoms with E-state index in [0.29, 0.717) is 43.3 Å². The largest absolute Gasteiger partial charge is 0.455 e. The monoisotopic (exact) mass is 478 g/mol. The van der Waals surface area contributed by atoms with Crippen molar-refractivity contribution >= 4 is 40.9 Å². The van der Waals surface area contributed by atoms with Crippen LogP contribution in [0.25, 0.3) is 0 Å². The predicted octanol–water partition coefficient (Wildman–Crippen LogP) is 2.58. The number of hydrogen-bond acceptors (Lipinski definition) is 6. The number of rotatable bonds is 6. The third kappa shape index (κ3) is 5.05. The fourth-order valence-electron chi connectivity index (χ4n) is 3.89. The number of carbonyl (C=O) groups excluding carboxylic acids is 3. The van der Waals surface area contributed by atoms with Crippen LogP contribution in [0.1, 0.15) is 23.2 Å². The number of halogens is 2. The van der Waals surface area contributed by atoms with Crippen LogP contribution in [0.15, 0.2) is 34.7 Å². The van der Waals surface area contributed by atoms with E-state index in [1.807, 2.05) is 4.90 Å². The summed E-state index contributed by atoms with van der Waals surface area (Å²) in [4.78, 5) is 40.7. The van der Waals surface area contributed by atoms with Crippen molar-refractivity contribution in [3.63, 3.8) is 0 Å². The van der Waals surface area contributed by atoms with Crippen LogP contribution in [-0.4, -0.2) is 68.2 Å². The Balaban J connectivity index is 1.36. The van der Waals surface area contributed by atoms with Gasteiger partial charge in [0.2, 0.25) is 5.91 Å². The van der Waals surface area contributed by atoms with Crippen LogP contribution < -0.4 is 15.1 Å². The Morgan fingerprint density at radius 1 is 1.18 bits per heavy atom. The van der Waals surface area contributed by atoms with Gasteiger partial charge in [-0.1, -0.05) is 0 Å². The molecule has 9 nitrogen and oxygen atoms in total. The minimum Gasteiger partial charge on any atom is -0.455 e. The molecule has 1 unspecified atom stereocenters. The third-order valence-corrected chi connectivity index (χ3v) is 5.87. The van der Waals surface area contributed by atoms with Crippen molar-refractivity contribution in [2.45, 2.75) is 18.9 Å². The lowest BCUT2D eigenvalue weighted by Crippen LogP contribution is -2.49. The molecule has 0 saturated carbocycles. The lowest BCUT2D eigenvalue weighted by molar-refractivity contribution is -0.119. The van der Waals surface area contributed by atoms with Gasteiger partial charge in [-0.25, -0.2) is 9.18 Å². The van der Waals surface area contributed by atoms with Gasteiger partial charge in [-0.2, -0.15) is 0 Å². The van der Waals surface area contributed by atoms with Gasteiger partial charge in [-0.3, -0.25) is 14.5 Å². The fourth-order valence-corrected chi connectivity index (χ4v) is 4.03. The lowest BCUT2D eigenvalue weighted by atomic mass is 10.2. The predicted molar refractivity (Wildman–Crippen MR) is 119 cm³/mol. The van der Waals surface area contributed by atoms with E-state index in [1.165, 1.54) is 17.9 Å². The topological polar surface area (TPSA) is 95.3 Å². The highest BCUT2D eigenvalue weighted by Gasteiger charge is 2.33. The highest BCUT2D eigenvalue weighted by molar-refractivity contribution is 6.16. The number of piperazine rings is 1. The molecular weight excluding hydrogens is 455 g/mol. The Kier molecular flexibility index (Phi) is 6.73. The number of hydrogen-bond donors (Lipinski definition) is 1. The Morgan fingerprint density at radius 2 is 1.94 bits per heavy atom. The number of nitrogens with zero attached hydrogens (tertiary/aromatic N) is 3. The molecule has 0 aliphatic carbocycles. The number of carbonyl (C=O) groups is 3. The molecule has 33 heavy (non-hydrogen) atoms. The standard InChI is InChI=1S/C22H24ClFN4O5/c1-14(29)25-12-17-13-28(22(31)33-17)15-2-4-19(18(24)10-15)26-6-8-27(9-7-26)21(30)20-5-3-16(11-23)32-20/h2-5,10,17H,6-9,11-13H2,1H3,(H,25,29). The molecule has 2 aromatic rings. The molecule has 1 atom stereocenters. The Labute approximate surface area is 195 Å². The second kappa shape index (κ2) is 9.70. The number of furan rings is 1. The maximum absolute atomic E-state index is 14.9. The van der Waals surface area contributed by atoms with Gasteiger partial charge in [0, 0.05) is 33.1 Å². The van der Waals surface area contributed by atoms with E-state index in [9.17, 15) is 18.8 Å². The van der Waals surface area contributed by atoms with Crippen LogP contribution in [0, 0.1) is 5.82 Å². The molecule has 1 aromatic heterocycles. The number of cyclic esters (lactones) is 1. The molecule has 0 bridgehead atoms. The van der Waals surface area contributed by atoms with Crippen molar-refractivity contribution in [2.75, 3.05) is 49.1 Å². The van der Waals surface area contributed by atoms with Gasteiger partial charge < -0.3 is 24.3 Å². The molecule has 2 fully saturated rings. The van der Waals surface area contributed by atoms with E-state index in [-0.39, 0.29) is 36.5 Å². The molecule has 176 valence electrons. The molecule has 2 aliphatic rings. The molecule has 2 aliphatic heterocycles. The van der Waals surface area contributed by atoms with E-state index >= 15 is 0 Å². The molecule has 11 heteroatoms. The Bertz CT molecular complexity index is 1050. The van der Waals surface area contributed by atoms with E-state index in [0.717, 1.165) is 0 Å². The summed E-state index contributed by atoms with van der Waals surface area (Å²) < 4.78 is 25.6. The minimum atomic E-state index is -0.583. The molecule has 1 aromatic carbocycles. The molecule has 3 heterocycles. The fraction of sp³-hybridized carbons (Fsp3) is 0.409. The van der Waals surface area contributed by atoms with Crippen LogP contribution in [0.2, 0.25) is 0 Å². The molecule has 1 N–H and O–H groups in total. The van der Waals surface area contributed by atoms with Crippen molar-refractivity contribution in [1.82, 2.24) is 10.2 Å². The summed E-state index contributed by atoms with van der Waals surface area (Å²) in [5, 5.41) is 2.61. The van der Waals surface area contributed by atoms with Crippen molar-refractivity contribution in [1.29, 1.82) is 0 Å². The van der Waals surface area contributed by atoms with Gasteiger partial charge in [-0.15, -0.1) is 11.6 Å². The van der Waals surface area contributed by atoms with Crippen LogP contribution in [-0.2, 0) is 15.4 Å². The van der Waals surface area contributed by atoms with Gasteiger partial charge in [-0.05, 0) is 30.3 Å². The van der Waals surface area contributed by atoms with Crippen molar-refractivity contribution < 1.29 is 27.9 Å². The summed E-state index contributed by atoms with van der Waals surface area (Å²) in [6, 6.07) is 7.86. The number of alkyl halides is 1. The van der Waals surface area contributed by atoms with Crippen LogP contribution in [0.3, 0.4) is 0 Å². The first kappa shape index (κ1) is 22.9. The Morgan fingerprint density at radius 3 is 2.58 bits per heavy atom. The van der Waals surface area contributed by atoms with Gasteiger partial charge in [0.25, 0.3) is 5.91 Å². The second-order valence-corrected chi connectivity index (χ2v) is 8.14. The summed E-state index contributed by atoms with van der Waals surface area (Å²) in [5.41, 5.74) is 0.781. The minimum absolute atomic E-state index is 0.196. The highest BCUT2D eigenvalue weighted by atomic mass is 35.5. The average molecular weight is 479 g/mol. The summed E-state index contributed by atoms with van der Waals surface area (Å²) in [7, 11) is 0. The molecule has 0 spiro atoms. The SMILES string of the molecule is CC(=O)NCC1CN(c2ccc(N3CCN(C(=O)c4ccc(CCl)o4)CC3)c(F)c2)C(=O)O1. The number of anilines is 2. The van der Waals surface area contributed by atoms with Gasteiger partial charge in [0.05, 0.1) is 30.3 Å². The average Bonchev–Trinajstić information content (AvgIpc) is 3.44. The Hall–Kier alpha value is -3.27. The normalized spacial score (nSPS) is 18.5. The second-order valence-electron chi connectivity index (χ2n) is 7.87. The summed E-state index contributed by atoms with van der Waals surface area (Å²) in [5.74, 6) is 0.0619. The first-order valence-corrected chi connectivity index (χ1v) is 11.1. The van der Waals surface area contributed by atoms with E-state index in [2.05, 4.69) is 5.32 Å². The molecule has 2 saturated heterocycles. The van der Waals surface area contributed by atoms with Crippen molar-refractivity contribution in [3.8, 4) is 0 Å². The van der Waals surface area contributed by atoms with Crippen LogP contribution in [0.5, 0.6) is 0 Å². The first-order chi connectivity index (χ1) is 15.9. The smallest absolute Gasteiger partial charge is 0.414 e. The summed E-state index contributed by atoms with van der Waals surface area (Å²) >= 11 is 5.72. The third-order valence-electron chi connectivity index (χ3n) is 5.61. The van der Waals surface area contributed by atoms with E-state index in [1.54, 1.807) is 29.2 Å². The van der Waals surface area contributed by atoms with Crippen LogP contribution >= 0.6 is 11.6 Å². The quantitative estimate of drug-likeness (QED) is 0.641. The number of ether oxygens (including phenoxy) is 1. The first-order valence-electron chi connectivity index (χ1n) is 10.6. The van der Waals surface area contributed by atoms with E-state index < -0.39 is 18.0 Å². The zero-order chi connectivity index (χ0) is 23.5. The van der Waals surface area contributed by atoms with Crippen molar-refractivity contribution in [3.05, 3.63) is 47.7 Å². The molecule has 4 rings (SSSR count). The zero-order valence-electron chi connectivity index (χ0n) is 18.1. The molecule has 0 radical (unpaired) electrons. The van der Waals surface area contributed by atoms with Crippen molar-refractivity contribution in [2.24, 2.45) is 0 Å². The van der Waals surface area contributed by atoms with Crippen LogP contribution in [0.4, 0.5) is 20.6 Å². The number of benzene rings is 1. The maximum atomic E-state index is 14.9. The maximum Gasteiger partial charge on any atom is 0.414 e.